The van der Waals surface area contributed by atoms with E-state index in [2.05, 4.69) is 4.98 Å². The highest BCUT2D eigenvalue weighted by molar-refractivity contribution is 6.63. The van der Waals surface area contributed by atoms with Crippen molar-refractivity contribution in [2.75, 3.05) is 5.73 Å². The zero-order valence-electron chi connectivity index (χ0n) is 10.9. The number of rotatable bonds is 4. The fraction of sp³-hybridized carbons (Fsp3) is 0.545. The van der Waals surface area contributed by atoms with Crippen molar-refractivity contribution in [3.05, 3.63) is 17.3 Å². The lowest BCUT2D eigenvalue weighted by Crippen LogP contribution is -2.53. The number of nitrogen functional groups attached to an aromatic ring is 1. The second-order valence-corrected chi connectivity index (χ2v) is 5.58. The van der Waals surface area contributed by atoms with Crippen LogP contribution in [0.5, 0.6) is 0 Å². The third-order valence-electron chi connectivity index (χ3n) is 3.05. The molecule has 5 nitrogen and oxygen atoms in total. The van der Waals surface area contributed by atoms with Crippen LogP contribution in [0.25, 0.3) is 0 Å². The molecular formula is C11H18BClN2O3. The van der Waals surface area contributed by atoms with Gasteiger partial charge in [0.05, 0.1) is 11.2 Å². The smallest absolute Gasteiger partial charge is 0.423 e. The second kappa shape index (κ2) is 5.05. The van der Waals surface area contributed by atoms with Crippen LogP contribution < -0.4 is 11.2 Å². The summed E-state index contributed by atoms with van der Waals surface area (Å²) in [7, 11) is -1.29. The number of hydrogen-bond acceptors (Lipinski definition) is 5. The van der Waals surface area contributed by atoms with Crippen LogP contribution in [0.3, 0.4) is 0 Å². The average molecular weight is 273 g/mol. The summed E-state index contributed by atoms with van der Waals surface area (Å²) in [4.78, 5) is 3.84. The summed E-state index contributed by atoms with van der Waals surface area (Å²) in [6, 6.07) is 1.43. The van der Waals surface area contributed by atoms with E-state index in [0.29, 0.717) is 5.46 Å². The molecule has 0 aliphatic heterocycles. The van der Waals surface area contributed by atoms with Crippen LogP contribution in [0.4, 0.5) is 5.82 Å². The van der Waals surface area contributed by atoms with Crippen molar-refractivity contribution < 1.29 is 14.8 Å². The molecule has 0 bridgehead atoms. The van der Waals surface area contributed by atoms with Gasteiger partial charge in [0.2, 0.25) is 0 Å². The number of aromatic nitrogens is 1. The van der Waals surface area contributed by atoms with Gasteiger partial charge in [-0.2, -0.15) is 0 Å². The molecule has 0 spiro atoms. The monoisotopic (exact) mass is 272 g/mol. The zero-order valence-corrected chi connectivity index (χ0v) is 11.7. The highest BCUT2D eigenvalue weighted by Gasteiger charge is 2.40. The first-order chi connectivity index (χ1) is 8.04. The molecule has 0 saturated carbocycles. The Morgan fingerprint density at radius 3 is 2.39 bits per heavy atom. The SMILES string of the molecule is CC(C)(O)C(C)(C)OB(O)c1cnc(N)cc1Cl. The highest BCUT2D eigenvalue weighted by atomic mass is 35.5. The van der Waals surface area contributed by atoms with E-state index in [1.165, 1.54) is 12.3 Å². The summed E-state index contributed by atoms with van der Waals surface area (Å²) in [5.41, 5.74) is 3.69. The van der Waals surface area contributed by atoms with Crippen LogP contribution in [0, 0.1) is 0 Å². The molecule has 7 heteroatoms. The molecule has 1 aromatic heterocycles. The Hall–Kier alpha value is -0.815. The van der Waals surface area contributed by atoms with Crippen LogP contribution in [-0.4, -0.2) is 33.4 Å². The Kier molecular flexibility index (Phi) is 4.28. The quantitative estimate of drug-likeness (QED) is 0.698. The van der Waals surface area contributed by atoms with E-state index in [9.17, 15) is 10.1 Å². The first kappa shape index (κ1) is 15.2. The van der Waals surface area contributed by atoms with Crippen LogP contribution in [0.2, 0.25) is 5.02 Å². The molecule has 0 aromatic carbocycles. The van der Waals surface area contributed by atoms with Crippen LogP contribution in [0.1, 0.15) is 27.7 Å². The summed E-state index contributed by atoms with van der Waals surface area (Å²) in [6.07, 6.45) is 1.35. The minimum absolute atomic E-state index is 0.262. The maximum Gasteiger partial charge on any atom is 0.494 e. The molecule has 0 saturated heterocycles. The number of aliphatic hydroxyl groups is 1. The van der Waals surface area contributed by atoms with Crippen molar-refractivity contribution >= 4 is 30.0 Å². The number of halogens is 1. The predicted octanol–water partition coefficient (Wildman–Crippen LogP) is 0.571. The van der Waals surface area contributed by atoms with E-state index < -0.39 is 18.3 Å². The summed E-state index contributed by atoms with van der Waals surface area (Å²) in [6.45, 7) is 6.55. The lowest BCUT2D eigenvalue weighted by Gasteiger charge is -2.38. The van der Waals surface area contributed by atoms with Gasteiger partial charge in [-0.05, 0) is 33.8 Å². The Morgan fingerprint density at radius 2 is 1.94 bits per heavy atom. The maximum absolute atomic E-state index is 9.99. The first-order valence-corrected chi connectivity index (χ1v) is 5.91. The van der Waals surface area contributed by atoms with Crippen molar-refractivity contribution in [2.45, 2.75) is 38.9 Å². The molecule has 4 N–H and O–H groups in total. The summed E-state index contributed by atoms with van der Waals surface area (Å²) in [5.74, 6) is 0.262. The number of anilines is 1. The Bertz CT molecular complexity index is 435. The zero-order chi connectivity index (χ0) is 14.1. The second-order valence-electron chi connectivity index (χ2n) is 5.17. The molecule has 0 unspecified atom stereocenters. The van der Waals surface area contributed by atoms with E-state index in [-0.39, 0.29) is 10.8 Å². The van der Waals surface area contributed by atoms with Crippen molar-refractivity contribution in [3.8, 4) is 0 Å². The lowest BCUT2D eigenvalue weighted by molar-refractivity contribution is -0.0982. The Balaban J connectivity index is 2.92. The van der Waals surface area contributed by atoms with E-state index in [0.717, 1.165) is 0 Å². The van der Waals surface area contributed by atoms with Gasteiger partial charge in [-0.25, -0.2) is 4.98 Å². The van der Waals surface area contributed by atoms with E-state index in [4.69, 9.17) is 22.0 Å². The Morgan fingerprint density at radius 1 is 1.39 bits per heavy atom. The van der Waals surface area contributed by atoms with E-state index in [1.807, 2.05) is 0 Å². The van der Waals surface area contributed by atoms with Crippen LogP contribution in [-0.2, 0) is 4.65 Å². The number of nitrogens with zero attached hydrogens (tertiary/aromatic N) is 1. The van der Waals surface area contributed by atoms with Gasteiger partial charge in [-0.1, -0.05) is 11.6 Å². The number of nitrogens with two attached hydrogens (primary N) is 1. The maximum atomic E-state index is 9.99. The van der Waals surface area contributed by atoms with Gasteiger partial charge >= 0.3 is 7.12 Å². The summed E-state index contributed by atoms with van der Waals surface area (Å²) in [5, 5.41) is 20.2. The molecule has 1 rings (SSSR count). The molecule has 0 atom stereocenters. The van der Waals surface area contributed by atoms with Crippen molar-refractivity contribution in [2.24, 2.45) is 0 Å². The van der Waals surface area contributed by atoms with Crippen LogP contribution >= 0.6 is 11.6 Å². The average Bonchev–Trinajstić information content (AvgIpc) is 2.14. The van der Waals surface area contributed by atoms with Gasteiger partial charge in [0, 0.05) is 16.7 Å². The Labute approximate surface area is 112 Å². The summed E-state index contributed by atoms with van der Waals surface area (Å²) >= 11 is 5.94. The van der Waals surface area contributed by atoms with Gasteiger partial charge in [-0.15, -0.1) is 0 Å². The van der Waals surface area contributed by atoms with Gasteiger partial charge < -0.3 is 20.5 Å². The minimum atomic E-state index is -1.29. The standard InChI is InChI=1S/C11H18BClN2O3/c1-10(2,16)11(3,4)18-12(17)7-6-15-9(14)5-8(7)13/h5-6,16-17H,1-4H3,(H2,14,15). The topological polar surface area (TPSA) is 88.6 Å². The molecule has 0 amide bonds. The molecule has 0 aliphatic rings. The first-order valence-electron chi connectivity index (χ1n) is 5.54. The largest absolute Gasteiger partial charge is 0.494 e. The third kappa shape index (κ3) is 3.35. The summed E-state index contributed by atoms with van der Waals surface area (Å²) < 4.78 is 5.45. The predicted molar refractivity (Wildman–Crippen MR) is 72.7 cm³/mol. The minimum Gasteiger partial charge on any atom is -0.423 e. The van der Waals surface area contributed by atoms with Crippen molar-refractivity contribution in [3.63, 3.8) is 0 Å². The lowest BCUT2D eigenvalue weighted by atomic mass is 9.77. The van der Waals surface area contributed by atoms with Crippen molar-refractivity contribution in [1.29, 1.82) is 0 Å². The fourth-order valence-electron chi connectivity index (χ4n) is 1.12. The number of hydrogen-bond donors (Lipinski definition) is 3. The van der Waals surface area contributed by atoms with Gasteiger partial charge in [0.25, 0.3) is 0 Å². The van der Waals surface area contributed by atoms with E-state index >= 15 is 0 Å². The molecule has 0 fully saturated rings. The normalized spacial score (nSPS) is 12.6. The molecule has 18 heavy (non-hydrogen) atoms. The van der Waals surface area contributed by atoms with Gasteiger partial charge in [0.1, 0.15) is 5.82 Å². The van der Waals surface area contributed by atoms with E-state index in [1.54, 1.807) is 27.7 Å². The highest BCUT2D eigenvalue weighted by Crippen LogP contribution is 2.25. The number of pyridine rings is 1. The van der Waals surface area contributed by atoms with Crippen molar-refractivity contribution in [1.82, 2.24) is 4.98 Å². The molecule has 1 heterocycles. The third-order valence-corrected chi connectivity index (χ3v) is 3.38. The van der Waals surface area contributed by atoms with Crippen LogP contribution in [0.15, 0.2) is 12.3 Å². The van der Waals surface area contributed by atoms with Gasteiger partial charge in [-0.3, -0.25) is 0 Å². The fourth-order valence-corrected chi connectivity index (χ4v) is 1.38. The molecular weight excluding hydrogens is 254 g/mol. The molecule has 1 aromatic rings. The molecule has 0 aliphatic carbocycles. The molecule has 0 radical (unpaired) electrons. The van der Waals surface area contributed by atoms with Gasteiger partial charge in [0.15, 0.2) is 0 Å². The molecule has 100 valence electrons.